The van der Waals surface area contributed by atoms with Crippen molar-refractivity contribution in [1.29, 1.82) is 10.5 Å². The van der Waals surface area contributed by atoms with Gasteiger partial charge in [0.05, 0.1) is 23.3 Å². The summed E-state index contributed by atoms with van der Waals surface area (Å²) in [4.78, 5) is 23.7. The van der Waals surface area contributed by atoms with Crippen molar-refractivity contribution in [2.24, 2.45) is 0 Å². The van der Waals surface area contributed by atoms with Gasteiger partial charge >= 0.3 is 5.97 Å². The molecule has 1 N–H and O–H groups in total. The van der Waals surface area contributed by atoms with Crippen LogP contribution in [0.25, 0.3) is 0 Å². The first-order chi connectivity index (χ1) is 10.6. The lowest BCUT2D eigenvalue weighted by Crippen LogP contribution is -2.46. The summed E-state index contributed by atoms with van der Waals surface area (Å²) in [7, 11) is 0. The average molecular weight is 297 g/mol. The zero-order chi connectivity index (χ0) is 16.0. The summed E-state index contributed by atoms with van der Waals surface area (Å²) in [5.74, 6) is -1.17. The standard InChI is InChI=1S/C16H15N3O3/c17-9-12-4-3-5-13(8-12)15(21)22-10-14(20)19-16(11-18)6-1-2-7-16/h3-5,8H,1-2,6-7,10H2,(H,19,20). The predicted octanol–water partition coefficient (Wildman–Crippen LogP) is 1.67. The maximum absolute atomic E-state index is 11.8. The smallest absolute Gasteiger partial charge is 0.338 e. The molecule has 0 heterocycles. The van der Waals surface area contributed by atoms with Crippen LogP contribution in [-0.2, 0) is 9.53 Å². The molecule has 6 heteroatoms. The predicted molar refractivity (Wildman–Crippen MR) is 76.4 cm³/mol. The summed E-state index contributed by atoms with van der Waals surface area (Å²) in [6, 6.07) is 10.1. The van der Waals surface area contributed by atoms with Crippen molar-refractivity contribution < 1.29 is 14.3 Å². The van der Waals surface area contributed by atoms with E-state index < -0.39 is 24.0 Å². The van der Waals surface area contributed by atoms with E-state index in [9.17, 15) is 14.9 Å². The Labute approximate surface area is 128 Å². The molecular formula is C16H15N3O3. The van der Waals surface area contributed by atoms with Gasteiger partial charge in [0.25, 0.3) is 5.91 Å². The molecule has 0 aromatic heterocycles. The zero-order valence-electron chi connectivity index (χ0n) is 12.0. The lowest BCUT2D eigenvalue weighted by Gasteiger charge is -2.21. The average Bonchev–Trinajstić information content (AvgIpc) is 3.01. The van der Waals surface area contributed by atoms with E-state index in [0.29, 0.717) is 18.4 Å². The maximum atomic E-state index is 11.8. The lowest BCUT2D eigenvalue weighted by molar-refractivity contribution is -0.125. The van der Waals surface area contributed by atoms with Gasteiger partial charge in [0, 0.05) is 0 Å². The molecule has 0 radical (unpaired) electrons. The number of hydrogen-bond acceptors (Lipinski definition) is 5. The minimum atomic E-state index is -0.829. The SMILES string of the molecule is N#Cc1cccc(C(=O)OCC(=O)NC2(C#N)CCCC2)c1. The van der Waals surface area contributed by atoms with E-state index in [-0.39, 0.29) is 5.56 Å². The van der Waals surface area contributed by atoms with Crippen LogP contribution >= 0.6 is 0 Å². The van der Waals surface area contributed by atoms with Gasteiger partial charge in [-0.2, -0.15) is 10.5 Å². The van der Waals surface area contributed by atoms with Crippen LogP contribution in [0.5, 0.6) is 0 Å². The third kappa shape index (κ3) is 3.62. The van der Waals surface area contributed by atoms with E-state index in [1.165, 1.54) is 12.1 Å². The molecule has 1 aliphatic carbocycles. The molecule has 112 valence electrons. The molecule has 1 aromatic carbocycles. The van der Waals surface area contributed by atoms with Crippen LogP contribution in [0.3, 0.4) is 0 Å². The Balaban J connectivity index is 1.89. The van der Waals surface area contributed by atoms with Crippen LogP contribution in [0.2, 0.25) is 0 Å². The van der Waals surface area contributed by atoms with Gasteiger partial charge in [-0.15, -0.1) is 0 Å². The Morgan fingerprint density at radius 2 is 2.00 bits per heavy atom. The van der Waals surface area contributed by atoms with Crippen LogP contribution in [0, 0.1) is 22.7 Å². The minimum absolute atomic E-state index is 0.211. The van der Waals surface area contributed by atoms with Crippen LogP contribution < -0.4 is 5.32 Å². The first kappa shape index (κ1) is 15.5. The number of carbonyl (C=O) groups is 2. The fourth-order valence-corrected chi connectivity index (χ4v) is 2.48. The van der Waals surface area contributed by atoms with Crippen molar-refractivity contribution in [3.05, 3.63) is 35.4 Å². The molecule has 1 fully saturated rings. The van der Waals surface area contributed by atoms with Gasteiger partial charge in [-0.1, -0.05) is 6.07 Å². The van der Waals surface area contributed by atoms with Crippen molar-refractivity contribution in [1.82, 2.24) is 5.32 Å². The van der Waals surface area contributed by atoms with E-state index in [1.54, 1.807) is 12.1 Å². The number of carbonyl (C=O) groups excluding carboxylic acids is 2. The Morgan fingerprint density at radius 3 is 2.64 bits per heavy atom. The number of amides is 1. The first-order valence-electron chi connectivity index (χ1n) is 6.98. The van der Waals surface area contributed by atoms with Crippen LogP contribution in [0.1, 0.15) is 41.6 Å². The highest BCUT2D eigenvalue weighted by atomic mass is 16.5. The molecule has 0 spiro atoms. The van der Waals surface area contributed by atoms with Crippen LogP contribution in [0.15, 0.2) is 24.3 Å². The molecule has 0 aliphatic heterocycles. The second kappa shape index (κ2) is 6.73. The number of nitrogens with one attached hydrogen (secondary N) is 1. The van der Waals surface area contributed by atoms with Crippen molar-refractivity contribution in [3.63, 3.8) is 0 Å². The number of nitriles is 2. The van der Waals surface area contributed by atoms with Crippen molar-refractivity contribution in [3.8, 4) is 12.1 Å². The fraction of sp³-hybridized carbons (Fsp3) is 0.375. The Kier molecular flexibility index (Phi) is 4.75. The maximum Gasteiger partial charge on any atom is 0.338 e. The molecule has 1 aromatic rings. The Bertz CT molecular complexity index is 664. The highest BCUT2D eigenvalue weighted by Crippen LogP contribution is 2.28. The molecule has 1 aliphatic rings. The molecule has 22 heavy (non-hydrogen) atoms. The zero-order valence-corrected chi connectivity index (χ0v) is 12.0. The molecule has 1 amide bonds. The van der Waals surface area contributed by atoms with E-state index in [4.69, 9.17) is 10.00 Å². The number of rotatable bonds is 4. The third-order valence-corrected chi connectivity index (χ3v) is 3.61. The summed E-state index contributed by atoms with van der Waals surface area (Å²) >= 11 is 0. The van der Waals surface area contributed by atoms with Gasteiger partial charge in [-0.25, -0.2) is 4.79 Å². The number of esters is 1. The van der Waals surface area contributed by atoms with Gasteiger partial charge in [-0.05, 0) is 43.9 Å². The molecule has 6 nitrogen and oxygen atoms in total. The summed E-state index contributed by atoms with van der Waals surface area (Å²) in [6.07, 6.45) is 3.03. The summed E-state index contributed by atoms with van der Waals surface area (Å²) < 4.78 is 4.92. The van der Waals surface area contributed by atoms with Crippen molar-refractivity contribution in [2.75, 3.05) is 6.61 Å². The van der Waals surface area contributed by atoms with Crippen LogP contribution in [-0.4, -0.2) is 24.0 Å². The molecular weight excluding hydrogens is 282 g/mol. The highest BCUT2D eigenvalue weighted by molar-refractivity contribution is 5.91. The van der Waals surface area contributed by atoms with E-state index in [2.05, 4.69) is 11.4 Å². The fourth-order valence-electron chi connectivity index (χ4n) is 2.48. The number of benzene rings is 1. The van der Waals surface area contributed by atoms with Gasteiger partial charge in [0.15, 0.2) is 6.61 Å². The summed E-state index contributed by atoms with van der Waals surface area (Å²) in [6.45, 7) is -0.445. The van der Waals surface area contributed by atoms with Crippen molar-refractivity contribution in [2.45, 2.75) is 31.2 Å². The normalized spacial score (nSPS) is 15.4. The lowest BCUT2D eigenvalue weighted by atomic mass is 10.00. The van der Waals surface area contributed by atoms with E-state index in [1.807, 2.05) is 6.07 Å². The van der Waals surface area contributed by atoms with Gasteiger partial charge < -0.3 is 10.1 Å². The summed E-state index contributed by atoms with van der Waals surface area (Å²) in [5, 5.41) is 20.6. The van der Waals surface area contributed by atoms with E-state index in [0.717, 1.165) is 12.8 Å². The Morgan fingerprint density at radius 1 is 1.27 bits per heavy atom. The van der Waals surface area contributed by atoms with Crippen molar-refractivity contribution >= 4 is 11.9 Å². The van der Waals surface area contributed by atoms with Crippen LogP contribution in [0.4, 0.5) is 0 Å². The number of hydrogen-bond donors (Lipinski definition) is 1. The minimum Gasteiger partial charge on any atom is -0.452 e. The molecule has 0 unspecified atom stereocenters. The second-order valence-electron chi connectivity index (χ2n) is 5.22. The molecule has 1 saturated carbocycles. The van der Waals surface area contributed by atoms with Gasteiger partial charge in [0.2, 0.25) is 0 Å². The second-order valence-corrected chi connectivity index (χ2v) is 5.22. The van der Waals surface area contributed by atoms with Gasteiger partial charge in [-0.3, -0.25) is 4.79 Å². The highest BCUT2D eigenvalue weighted by Gasteiger charge is 2.35. The van der Waals surface area contributed by atoms with E-state index >= 15 is 0 Å². The molecule has 2 rings (SSSR count). The topological polar surface area (TPSA) is 103 Å². The van der Waals surface area contributed by atoms with Gasteiger partial charge in [0.1, 0.15) is 5.54 Å². The number of ether oxygens (including phenoxy) is 1. The number of nitrogens with zero attached hydrogens (tertiary/aromatic N) is 2. The summed E-state index contributed by atoms with van der Waals surface area (Å²) in [5.41, 5.74) is -0.277. The largest absolute Gasteiger partial charge is 0.452 e. The third-order valence-electron chi connectivity index (χ3n) is 3.61. The molecule has 0 atom stereocenters. The molecule has 0 bridgehead atoms. The molecule has 0 saturated heterocycles. The monoisotopic (exact) mass is 297 g/mol. The first-order valence-corrected chi connectivity index (χ1v) is 6.98. The quantitative estimate of drug-likeness (QED) is 0.851. The Hall–Kier alpha value is -2.86.